The van der Waals surface area contributed by atoms with Gasteiger partial charge < -0.3 is 15.5 Å². The van der Waals surface area contributed by atoms with Gasteiger partial charge in [-0.05, 0) is 44.9 Å². The van der Waals surface area contributed by atoms with Gasteiger partial charge in [0, 0.05) is 31.9 Å². The second-order valence-electron chi connectivity index (χ2n) is 8.28. The lowest BCUT2D eigenvalue weighted by Gasteiger charge is -2.49. The van der Waals surface area contributed by atoms with Crippen LogP contribution in [0.4, 0.5) is 5.69 Å². The van der Waals surface area contributed by atoms with Gasteiger partial charge in [-0.25, -0.2) is 0 Å². The van der Waals surface area contributed by atoms with Crippen molar-refractivity contribution < 1.29 is 9.59 Å². The Hall–Kier alpha value is -2.08. The molecule has 2 heterocycles. The van der Waals surface area contributed by atoms with Gasteiger partial charge in [0.25, 0.3) is 0 Å². The van der Waals surface area contributed by atoms with Crippen molar-refractivity contribution in [3.05, 3.63) is 30.3 Å². The number of anilines is 1. The summed E-state index contributed by atoms with van der Waals surface area (Å²) >= 11 is 0. The summed E-state index contributed by atoms with van der Waals surface area (Å²) in [4.78, 5) is 30.2. The molecule has 0 radical (unpaired) electrons. The van der Waals surface area contributed by atoms with Crippen molar-refractivity contribution in [1.82, 2.24) is 15.1 Å². The molecule has 0 atom stereocenters. The van der Waals surface area contributed by atoms with Crippen LogP contribution in [0.5, 0.6) is 0 Å². The molecule has 0 unspecified atom stereocenters. The van der Waals surface area contributed by atoms with Crippen molar-refractivity contribution in [1.29, 1.82) is 0 Å². The highest BCUT2D eigenvalue weighted by atomic mass is 16.2. The third-order valence-corrected chi connectivity index (χ3v) is 6.79. The van der Waals surface area contributed by atoms with E-state index in [0.717, 1.165) is 37.9 Å². The largest absolute Gasteiger partial charge is 0.371 e. The van der Waals surface area contributed by atoms with Crippen LogP contribution in [0.2, 0.25) is 0 Å². The summed E-state index contributed by atoms with van der Waals surface area (Å²) < 4.78 is 0. The highest BCUT2D eigenvalue weighted by Crippen LogP contribution is 2.37. The first-order valence-electron chi connectivity index (χ1n) is 10.2. The van der Waals surface area contributed by atoms with Gasteiger partial charge in [-0.15, -0.1) is 0 Å². The molecule has 3 aliphatic rings. The zero-order chi connectivity index (χ0) is 18.9. The maximum absolute atomic E-state index is 13.5. The predicted octanol–water partition coefficient (Wildman–Crippen LogP) is 1.83. The quantitative estimate of drug-likeness (QED) is 0.852. The van der Waals surface area contributed by atoms with Gasteiger partial charge in [0.15, 0.2) is 0 Å². The topological polar surface area (TPSA) is 64.7 Å². The number of likely N-dealkylation sites (tertiary alicyclic amines) is 1. The predicted molar refractivity (Wildman–Crippen MR) is 105 cm³/mol. The zero-order valence-electron chi connectivity index (χ0n) is 16.2. The summed E-state index contributed by atoms with van der Waals surface area (Å²) in [6.07, 6.45) is 5.33. The molecular weight excluding hydrogens is 340 g/mol. The Kier molecular flexibility index (Phi) is 4.84. The van der Waals surface area contributed by atoms with Crippen molar-refractivity contribution in [2.45, 2.75) is 49.6 Å². The van der Waals surface area contributed by atoms with E-state index in [2.05, 4.69) is 15.5 Å². The number of rotatable bonds is 3. The van der Waals surface area contributed by atoms with E-state index in [1.165, 1.54) is 0 Å². The Morgan fingerprint density at radius 1 is 1.04 bits per heavy atom. The molecule has 3 fully saturated rings. The van der Waals surface area contributed by atoms with Crippen LogP contribution in [0.25, 0.3) is 0 Å². The molecule has 27 heavy (non-hydrogen) atoms. The number of nitrogens with zero attached hydrogens (tertiary/aromatic N) is 2. The first-order valence-corrected chi connectivity index (χ1v) is 10.2. The van der Waals surface area contributed by atoms with Crippen LogP contribution < -0.4 is 10.6 Å². The number of piperidine rings is 1. The van der Waals surface area contributed by atoms with Crippen LogP contribution >= 0.6 is 0 Å². The van der Waals surface area contributed by atoms with E-state index in [-0.39, 0.29) is 11.8 Å². The van der Waals surface area contributed by atoms with Gasteiger partial charge in [-0.1, -0.05) is 31.0 Å². The first-order chi connectivity index (χ1) is 13.1. The maximum Gasteiger partial charge on any atom is 0.248 e. The highest BCUT2D eigenvalue weighted by molar-refractivity contribution is 5.91. The molecule has 1 aliphatic carbocycles. The van der Waals surface area contributed by atoms with Crippen LogP contribution in [-0.2, 0) is 9.59 Å². The monoisotopic (exact) mass is 370 g/mol. The summed E-state index contributed by atoms with van der Waals surface area (Å²) in [7, 11) is 2.03. The molecule has 146 valence electrons. The van der Waals surface area contributed by atoms with E-state index in [9.17, 15) is 9.59 Å². The van der Waals surface area contributed by atoms with Crippen molar-refractivity contribution >= 4 is 17.5 Å². The van der Waals surface area contributed by atoms with E-state index in [1.807, 2.05) is 42.3 Å². The van der Waals surface area contributed by atoms with Crippen LogP contribution in [0.1, 0.15) is 38.5 Å². The van der Waals surface area contributed by atoms with Gasteiger partial charge in [-0.2, -0.15) is 0 Å². The van der Waals surface area contributed by atoms with E-state index in [1.54, 1.807) is 0 Å². The van der Waals surface area contributed by atoms with Crippen molar-refractivity contribution in [3.8, 4) is 0 Å². The summed E-state index contributed by atoms with van der Waals surface area (Å²) in [6.45, 7) is 2.88. The smallest absolute Gasteiger partial charge is 0.248 e. The third-order valence-electron chi connectivity index (χ3n) is 6.79. The molecule has 4 rings (SSSR count). The Labute approximate surface area is 161 Å². The minimum atomic E-state index is -0.493. The van der Waals surface area contributed by atoms with E-state index in [0.29, 0.717) is 32.5 Å². The number of hydrogen-bond acceptors (Lipinski definition) is 4. The van der Waals surface area contributed by atoms with Gasteiger partial charge in [0.2, 0.25) is 11.8 Å². The van der Waals surface area contributed by atoms with Crippen LogP contribution in [0, 0.1) is 0 Å². The molecule has 0 bridgehead atoms. The van der Waals surface area contributed by atoms with Crippen molar-refractivity contribution in [3.63, 3.8) is 0 Å². The van der Waals surface area contributed by atoms with Crippen molar-refractivity contribution in [2.75, 3.05) is 38.5 Å². The van der Waals surface area contributed by atoms with Gasteiger partial charge in [0.05, 0.1) is 0 Å². The number of amides is 2. The number of para-hydroxylation sites is 1. The molecule has 1 aromatic rings. The van der Waals surface area contributed by atoms with Crippen LogP contribution in [0.15, 0.2) is 30.3 Å². The fourth-order valence-corrected chi connectivity index (χ4v) is 5.05. The lowest BCUT2D eigenvalue weighted by molar-refractivity contribution is -0.147. The zero-order valence-corrected chi connectivity index (χ0v) is 16.2. The molecular formula is C21H30N4O2. The lowest BCUT2D eigenvalue weighted by atomic mass is 9.82. The second-order valence-corrected chi connectivity index (χ2v) is 8.28. The average Bonchev–Trinajstić information content (AvgIpc) is 3.16. The number of likely N-dealkylation sites (N-methyl/N-ethyl adjacent to an activating group) is 1. The van der Waals surface area contributed by atoms with Gasteiger partial charge >= 0.3 is 0 Å². The number of carbonyl (C=O) groups is 2. The molecule has 1 aromatic carbocycles. The lowest BCUT2D eigenvalue weighted by Crippen LogP contribution is -2.68. The molecule has 0 aromatic heterocycles. The molecule has 1 saturated carbocycles. The summed E-state index contributed by atoms with van der Waals surface area (Å²) in [5, 5.41) is 6.58. The van der Waals surface area contributed by atoms with Gasteiger partial charge in [0.1, 0.15) is 11.1 Å². The first kappa shape index (κ1) is 18.3. The normalized spacial score (nSPS) is 24.6. The standard InChI is InChI=1S/C21H30N4O2/c1-24-16-13-22-18(26)21(24)11-14-25(15-12-21)19(27)20(9-5-6-10-20)23-17-7-3-2-4-8-17/h2-4,7-8,23H,5-6,9-16H2,1H3,(H,22,26). The minimum Gasteiger partial charge on any atom is -0.371 e. The molecule has 1 spiro atoms. The Morgan fingerprint density at radius 3 is 2.33 bits per heavy atom. The SMILES string of the molecule is CN1CCNC(=O)C12CCN(C(=O)C1(Nc3ccccc3)CCCC1)CC2. The molecule has 2 saturated heterocycles. The number of hydrogen-bond donors (Lipinski definition) is 2. The van der Waals surface area contributed by atoms with Crippen LogP contribution in [-0.4, -0.2) is 65.9 Å². The Morgan fingerprint density at radius 2 is 1.70 bits per heavy atom. The van der Waals surface area contributed by atoms with Crippen LogP contribution in [0.3, 0.4) is 0 Å². The minimum absolute atomic E-state index is 0.126. The Balaban J connectivity index is 1.48. The molecule has 6 nitrogen and oxygen atoms in total. The van der Waals surface area contributed by atoms with E-state index >= 15 is 0 Å². The highest BCUT2D eigenvalue weighted by Gasteiger charge is 2.50. The van der Waals surface area contributed by atoms with Crippen molar-refractivity contribution in [2.24, 2.45) is 0 Å². The summed E-state index contributed by atoms with van der Waals surface area (Å²) in [6, 6.07) is 10.0. The van der Waals surface area contributed by atoms with E-state index < -0.39 is 11.1 Å². The second kappa shape index (κ2) is 7.15. The number of benzene rings is 1. The molecule has 2 amide bonds. The number of nitrogens with one attached hydrogen (secondary N) is 2. The third kappa shape index (κ3) is 3.20. The molecule has 2 aliphatic heterocycles. The summed E-state index contributed by atoms with van der Waals surface area (Å²) in [5.74, 6) is 0.332. The average molecular weight is 370 g/mol. The Bertz CT molecular complexity index is 691. The molecule has 6 heteroatoms. The number of piperazine rings is 1. The van der Waals surface area contributed by atoms with E-state index in [4.69, 9.17) is 0 Å². The fraction of sp³-hybridized carbons (Fsp3) is 0.619. The summed E-state index contributed by atoms with van der Waals surface area (Å²) in [5.41, 5.74) is 0.0738. The maximum atomic E-state index is 13.5. The fourth-order valence-electron chi connectivity index (χ4n) is 5.05. The molecule has 2 N–H and O–H groups in total. The van der Waals surface area contributed by atoms with Gasteiger partial charge in [-0.3, -0.25) is 14.5 Å². The number of carbonyl (C=O) groups excluding carboxylic acids is 2.